The van der Waals surface area contributed by atoms with Crippen molar-refractivity contribution >= 4 is 27.3 Å². The van der Waals surface area contributed by atoms with Gasteiger partial charge in [0, 0.05) is 30.1 Å². The molecule has 2 atom stereocenters. The summed E-state index contributed by atoms with van der Waals surface area (Å²) in [6.07, 6.45) is 0.476. The summed E-state index contributed by atoms with van der Waals surface area (Å²) < 4.78 is 78.2. The van der Waals surface area contributed by atoms with Crippen LogP contribution >= 0.6 is 0 Å². The summed E-state index contributed by atoms with van der Waals surface area (Å²) in [6.45, 7) is 0.269. The van der Waals surface area contributed by atoms with E-state index in [4.69, 9.17) is 0 Å². The summed E-state index contributed by atoms with van der Waals surface area (Å²) in [6, 6.07) is 5.10. The minimum Gasteiger partial charge on any atom is -0.382 e. The Kier molecular flexibility index (Phi) is 7.11. The van der Waals surface area contributed by atoms with Crippen LogP contribution in [0.1, 0.15) is 66.1 Å². The summed E-state index contributed by atoms with van der Waals surface area (Å²) in [4.78, 5) is 28.5. The highest BCUT2D eigenvalue weighted by Crippen LogP contribution is 2.43. The molecule has 3 aliphatic rings. The number of hydrogen-bond donors (Lipinski definition) is 2. The third kappa shape index (κ3) is 6.05. The summed E-state index contributed by atoms with van der Waals surface area (Å²) in [5, 5.41) is 6.04. The number of sulfone groups is 1. The zero-order valence-electron chi connectivity index (χ0n) is 21.2. The third-order valence-corrected chi connectivity index (χ3v) is 8.57. The lowest BCUT2D eigenvalue weighted by atomic mass is 9.99. The molecule has 1 heterocycles. The average molecular weight is 568 g/mol. The van der Waals surface area contributed by atoms with Crippen molar-refractivity contribution in [2.45, 2.75) is 67.7 Å². The fraction of sp³-hybridized carbons (Fsp3) is 0.481. The topological polar surface area (TPSA) is 95.6 Å². The molecular weight excluding hydrogens is 538 g/mol. The number of likely N-dealkylation sites (tertiary alicyclic amines) is 1. The Morgan fingerprint density at radius 3 is 2.33 bits per heavy atom. The number of anilines is 1. The second-order valence-electron chi connectivity index (χ2n) is 10.6. The maximum atomic E-state index is 14.8. The second kappa shape index (κ2) is 10.1. The van der Waals surface area contributed by atoms with Crippen LogP contribution in [-0.2, 0) is 20.8 Å². The maximum Gasteiger partial charge on any atom is 0.416 e. The molecule has 2 amide bonds. The van der Waals surface area contributed by atoms with Crippen LogP contribution in [0, 0.1) is 11.7 Å². The average Bonchev–Trinajstić information content (AvgIpc) is 3.80. The van der Waals surface area contributed by atoms with Crippen LogP contribution in [0.2, 0.25) is 0 Å². The Morgan fingerprint density at radius 2 is 1.74 bits per heavy atom. The van der Waals surface area contributed by atoms with E-state index >= 15 is 0 Å². The predicted octanol–water partition coefficient (Wildman–Crippen LogP) is 4.69. The van der Waals surface area contributed by atoms with Gasteiger partial charge in [0.15, 0.2) is 9.84 Å². The van der Waals surface area contributed by atoms with Crippen LogP contribution in [0.4, 0.5) is 23.2 Å². The molecule has 5 rings (SSSR count). The quantitative estimate of drug-likeness (QED) is 0.451. The van der Waals surface area contributed by atoms with Gasteiger partial charge in [-0.15, -0.1) is 0 Å². The zero-order chi connectivity index (χ0) is 28.1. The Balaban J connectivity index is 1.39. The first kappa shape index (κ1) is 27.4. The van der Waals surface area contributed by atoms with E-state index in [1.807, 2.05) is 0 Å². The molecule has 0 bridgehead atoms. The summed E-state index contributed by atoms with van der Waals surface area (Å²) >= 11 is 0. The first-order valence-corrected chi connectivity index (χ1v) is 14.8. The van der Waals surface area contributed by atoms with E-state index in [2.05, 4.69) is 10.6 Å². The van der Waals surface area contributed by atoms with Crippen LogP contribution < -0.4 is 10.6 Å². The van der Waals surface area contributed by atoms with Gasteiger partial charge in [-0.25, -0.2) is 12.8 Å². The van der Waals surface area contributed by atoms with E-state index in [0.29, 0.717) is 37.4 Å². The number of nitrogens with one attached hydrogen (secondary N) is 2. The summed E-state index contributed by atoms with van der Waals surface area (Å²) in [5.74, 6) is -2.18. The van der Waals surface area contributed by atoms with Crippen LogP contribution in [-0.4, -0.2) is 50.0 Å². The fourth-order valence-corrected chi connectivity index (χ4v) is 5.67. The Morgan fingerprint density at radius 1 is 1.03 bits per heavy atom. The van der Waals surface area contributed by atoms with E-state index in [1.165, 1.54) is 17.0 Å². The molecular formula is C27H29F4N3O4S. The number of hydrogen-bond acceptors (Lipinski definition) is 5. The Hall–Kier alpha value is -3.15. The van der Waals surface area contributed by atoms with Crippen molar-refractivity contribution in [3.63, 3.8) is 0 Å². The number of nitrogens with zero attached hydrogens (tertiary/aromatic N) is 1. The van der Waals surface area contributed by atoms with E-state index in [1.54, 1.807) is 6.07 Å². The molecule has 1 aliphatic heterocycles. The zero-order valence-corrected chi connectivity index (χ0v) is 22.0. The van der Waals surface area contributed by atoms with E-state index < -0.39 is 51.3 Å². The molecule has 0 aromatic heterocycles. The smallest absolute Gasteiger partial charge is 0.382 e. The first-order chi connectivity index (χ1) is 18.3. The summed E-state index contributed by atoms with van der Waals surface area (Å²) in [7, 11) is -3.59. The molecule has 210 valence electrons. The monoisotopic (exact) mass is 567 g/mol. The number of carbonyl (C=O) groups is 2. The van der Waals surface area contributed by atoms with Gasteiger partial charge in [-0.3, -0.25) is 9.59 Å². The van der Waals surface area contributed by atoms with Gasteiger partial charge in [0.25, 0.3) is 5.91 Å². The van der Waals surface area contributed by atoms with Crippen molar-refractivity contribution in [2.75, 3.05) is 18.1 Å². The molecule has 3 fully saturated rings. The Bertz CT molecular complexity index is 1400. The van der Waals surface area contributed by atoms with Crippen molar-refractivity contribution in [1.29, 1.82) is 0 Å². The van der Waals surface area contributed by atoms with Crippen molar-refractivity contribution < 1.29 is 35.6 Å². The largest absolute Gasteiger partial charge is 0.416 e. The van der Waals surface area contributed by atoms with Gasteiger partial charge in [-0.1, -0.05) is 6.07 Å². The maximum absolute atomic E-state index is 14.8. The minimum atomic E-state index is -4.69. The lowest BCUT2D eigenvalue weighted by molar-refractivity contribution is -0.137. The van der Waals surface area contributed by atoms with Crippen LogP contribution in [0.25, 0.3) is 0 Å². The first-order valence-electron chi connectivity index (χ1n) is 12.9. The number of halogens is 4. The molecule has 2 aliphatic carbocycles. The normalized spacial score (nSPS) is 20.5. The van der Waals surface area contributed by atoms with Crippen molar-refractivity contribution in [1.82, 2.24) is 10.2 Å². The molecule has 0 spiro atoms. The molecule has 0 radical (unpaired) electrons. The standard InChI is InChI=1S/C27H29F4N3O4S/c1-39(37,38)18-9-11-22(32-17-7-8-17)20(14-18)26(36)34-12-2-3-23(34)25(35)33-24(15-4-5-15)19-10-6-16(13-21(19)28)27(29,30)31/h6,9-11,13-15,17,23-24,32H,2-5,7-8,12H2,1H3,(H,33,35)/t23-,24?/m1/s1. The van der Waals surface area contributed by atoms with Crippen LogP contribution in [0.5, 0.6) is 0 Å². The Labute approximate surface area is 223 Å². The number of carbonyl (C=O) groups excluding carboxylic acids is 2. The van der Waals surface area contributed by atoms with Crippen LogP contribution in [0.15, 0.2) is 41.3 Å². The molecule has 1 saturated heterocycles. The highest BCUT2D eigenvalue weighted by atomic mass is 32.2. The molecule has 2 aromatic carbocycles. The SMILES string of the molecule is CS(=O)(=O)c1ccc(NC2CC2)c(C(=O)N2CCC[C@@H]2C(=O)NC(c2ccc(C(F)(F)F)cc2F)C2CC2)c1. The van der Waals surface area contributed by atoms with Gasteiger partial charge in [-0.2, -0.15) is 13.2 Å². The van der Waals surface area contributed by atoms with Gasteiger partial charge in [-0.05, 0) is 74.8 Å². The van der Waals surface area contributed by atoms with E-state index in [0.717, 1.165) is 31.2 Å². The van der Waals surface area contributed by atoms with E-state index in [-0.39, 0.29) is 34.5 Å². The molecule has 2 aromatic rings. The van der Waals surface area contributed by atoms with Crippen molar-refractivity contribution in [3.05, 3.63) is 58.9 Å². The highest BCUT2D eigenvalue weighted by Gasteiger charge is 2.41. The number of rotatable bonds is 8. The van der Waals surface area contributed by atoms with Gasteiger partial charge in [0.05, 0.1) is 22.1 Å². The molecule has 39 heavy (non-hydrogen) atoms. The van der Waals surface area contributed by atoms with Crippen molar-refractivity contribution in [2.24, 2.45) is 5.92 Å². The molecule has 1 unspecified atom stereocenters. The molecule has 7 nitrogen and oxygen atoms in total. The molecule has 2 saturated carbocycles. The fourth-order valence-electron chi connectivity index (χ4n) is 5.03. The number of alkyl halides is 3. The molecule has 2 N–H and O–H groups in total. The predicted molar refractivity (Wildman–Crippen MR) is 135 cm³/mol. The summed E-state index contributed by atoms with van der Waals surface area (Å²) in [5.41, 5.74) is -0.490. The number of benzene rings is 2. The third-order valence-electron chi connectivity index (χ3n) is 7.46. The van der Waals surface area contributed by atoms with Gasteiger partial charge in [0.1, 0.15) is 11.9 Å². The van der Waals surface area contributed by atoms with Crippen molar-refractivity contribution in [3.8, 4) is 0 Å². The lowest BCUT2D eigenvalue weighted by Crippen LogP contribution is -2.47. The van der Waals surface area contributed by atoms with E-state index in [9.17, 15) is 35.6 Å². The highest BCUT2D eigenvalue weighted by molar-refractivity contribution is 7.90. The van der Waals surface area contributed by atoms with Gasteiger partial charge < -0.3 is 15.5 Å². The molecule has 12 heteroatoms. The number of amides is 2. The second-order valence-corrected chi connectivity index (χ2v) is 12.6. The lowest BCUT2D eigenvalue weighted by Gasteiger charge is -2.28. The van der Waals surface area contributed by atoms with Gasteiger partial charge in [0.2, 0.25) is 5.91 Å². The van der Waals surface area contributed by atoms with Crippen LogP contribution in [0.3, 0.4) is 0 Å². The van der Waals surface area contributed by atoms with Gasteiger partial charge >= 0.3 is 6.18 Å². The minimum absolute atomic E-state index is 0.0148.